The molecule has 0 saturated heterocycles. The van der Waals surface area contributed by atoms with Gasteiger partial charge < -0.3 is 0 Å². The fourth-order valence-corrected chi connectivity index (χ4v) is 2.99. The Kier molecular flexibility index (Phi) is 3.47. The van der Waals surface area contributed by atoms with E-state index in [0.717, 1.165) is 0 Å². The maximum absolute atomic E-state index is 13.1. The first kappa shape index (κ1) is 10.8. The Hall–Kier alpha value is 0.730. The van der Waals surface area contributed by atoms with Crippen LogP contribution in [0.25, 0.3) is 0 Å². The van der Waals surface area contributed by atoms with E-state index >= 15 is 0 Å². The van der Waals surface area contributed by atoms with Crippen LogP contribution in [0.5, 0.6) is 0 Å². The van der Waals surface area contributed by atoms with Crippen LogP contribution in [0.2, 0.25) is 0 Å². The summed E-state index contributed by atoms with van der Waals surface area (Å²) in [6.07, 6.45) is -1.54. The molecule has 0 N–H and O–H groups in total. The number of halogens is 5. The Morgan fingerprint density at radius 1 is 1.25 bits per heavy atom. The van der Waals surface area contributed by atoms with Crippen LogP contribution in [-0.2, 0) is 0 Å². The van der Waals surface area contributed by atoms with Crippen molar-refractivity contribution < 1.29 is 13.2 Å². The second-order valence-electron chi connectivity index (χ2n) is 2.51. The number of allylic oxidation sites excluding steroid dienone is 4. The van der Waals surface area contributed by atoms with Gasteiger partial charge >= 0.3 is 0 Å². The molecule has 0 radical (unpaired) electrons. The van der Waals surface area contributed by atoms with E-state index in [0.29, 0.717) is 0 Å². The highest BCUT2D eigenvalue weighted by Crippen LogP contribution is 2.43. The summed E-state index contributed by atoms with van der Waals surface area (Å²) in [5, 5.41) is 0. The van der Waals surface area contributed by atoms with Gasteiger partial charge in [0.05, 0.1) is 7.16 Å². The molecular weight excluding hydrogens is 395 g/mol. The lowest BCUT2D eigenvalue weighted by molar-refractivity contribution is 0.281. The molecular formula is C7H5F3I2. The predicted molar refractivity (Wildman–Crippen MR) is 58.4 cm³/mol. The van der Waals surface area contributed by atoms with Crippen molar-refractivity contribution in [3.05, 3.63) is 18.8 Å². The van der Waals surface area contributed by atoms with E-state index < -0.39 is 23.7 Å². The van der Waals surface area contributed by atoms with Gasteiger partial charge in [-0.05, 0) is 45.2 Å². The zero-order valence-corrected chi connectivity index (χ0v) is 10.4. The Labute approximate surface area is 95.6 Å². The van der Waals surface area contributed by atoms with E-state index in [4.69, 9.17) is 0 Å². The first-order valence-corrected chi connectivity index (χ1v) is 5.37. The smallest absolute Gasteiger partial charge is 0.151 e. The van der Waals surface area contributed by atoms with Crippen LogP contribution in [-0.4, -0.2) is 6.17 Å². The minimum atomic E-state index is -1.54. The molecule has 0 aromatic carbocycles. The zero-order chi connectivity index (χ0) is 9.46. The standard InChI is InChI=1S/C7H5F3I2/c1-2-3(8)6(11)5(10)7(12)4(2)9/h2-3H,1H3/t2-,3?/m1/s1. The second kappa shape index (κ2) is 3.85. The molecule has 0 fully saturated rings. The van der Waals surface area contributed by atoms with Gasteiger partial charge in [-0.1, -0.05) is 6.92 Å². The lowest BCUT2D eigenvalue weighted by Crippen LogP contribution is -2.19. The average molecular weight is 400 g/mol. The summed E-state index contributed by atoms with van der Waals surface area (Å²) in [7, 11) is 0. The van der Waals surface area contributed by atoms with E-state index in [2.05, 4.69) is 0 Å². The SMILES string of the molecule is C[C@H]1C(F)=C(I)C(F)=C(I)C1F. The highest BCUT2D eigenvalue weighted by atomic mass is 127. The van der Waals surface area contributed by atoms with Crippen molar-refractivity contribution in [2.24, 2.45) is 5.92 Å². The maximum atomic E-state index is 13.1. The van der Waals surface area contributed by atoms with Crippen LogP contribution in [0.1, 0.15) is 6.92 Å². The Morgan fingerprint density at radius 3 is 2.25 bits per heavy atom. The molecule has 2 atom stereocenters. The molecule has 5 heteroatoms. The molecule has 0 saturated carbocycles. The van der Waals surface area contributed by atoms with Crippen molar-refractivity contribution in [1.29, 1.82) is 0 Å². The highest BCUT2D eigenvalue weighted by Gasteiger charge is 2.33. The number of hydrogen-bond donors (Lipinski definition) is 0. The van der Waals surface area contributed by atoms with Crippen molar-refractivity contribution in [2.75, 3.05) is 0 Å². The molecule has 1 rings (SSSR count). The second-order valence-corrected chi connectivity index (χ2v) is 4.76. The molecule has 12 heavy (non-hydrogen) atoms. The fourth-order valence-electron chi connectivity index (χ4n) is 0.879. The normalized spacial score (nSPS) is 31.5. The number of rotatable bonds is 0. The van der Waals surface area contributed by atoms with Crippen LogP contribution >= 0.6 is 45.2 Å². The molecule has 1 aliphatic carbocycles. The Balaban J connectivity index is 3.18. The van der Waals surface area contributed by atoms with Crippen LogP contribution in [0.4, 0.5) is 13.2 Å². The molecule has 0 spiro atoms. The van der Waals surface area contributed by atoms with Crippen LogP contribution < -0.4 is 0 Å². The molecule has 0 aromatic rings. The third-order valence-corrected chi connectivity index (χ3v) is 3.75. The summed E-state index contributed by atoms with van der Waals surface area (Å²) in [5.74, 6) is -2.32. The van der Waals surface area contributed by atoms with Gasteiger partial charge in [0, 0.05) is 5.92 Å². The summed E-state index contributed by atoms with van der Waals surface area (Å²) in [4.78, 5) is 0. The van der Waals surface area contributed by atoms with Gasteiger partial charge in [0.25, 0.3) is 0 Å². The van der Waals surface area contributed by atoms with E-state index in [1.165, 1.54) is 6.92 Å². The average Bonchev–Trinajstić information content (AvgIpc) is 2.08. The number of hydrogen-bond acceptors (Lipinski definition) is 0. The minimum absolute atomic E-state index is 0.0362. The van der Waals surface area contributed by atoms with Gasteiger partial charge in [0.1, 0.15) is 12.0 Å². The molecule has 0 bridgehead atoms. The molecule has 0 amide bonds. The van der Waals surface area contributed by atoms with Crippen molar-refractivity contribution in [1.82, 2.24) is 0 Å². The Morgan fingerprint density at radius 2 is 1.75 bits per heavy atom. The van der Waals surface area contributed by atoms with Crippen LogP contribution in [0.3, 0.4) is 0 Å². The summed E-state index contributed by atoms with van der Waals surface area (Å²) in [6, 6.07) is 0. The first-order chi connectivity index (χ1) is 5.46. The highest BCUT2D eigenvalue weighted by molar-refractivity contribution is 14.1. The molecule has 1 unspecified atom stereocenters. The van der Waals surface area contributed by atoms with Gasteiger partial charge in [0.2, 0.25) is 0 Å². The van der Waals surface area contributed by atoms with Crippen molar-refractivity contribution >= 4 is 45.2 Å². The van der Waals surface area contributed by atoms with Gasteiger partial charge in [0.15, 0.2) is 5.83 Å². The lowest BCUT2D eigenvalue weighted by Gasteiger charge is -2.21. The van der Waals surface area contributed by atoms with Gasteiger partial charge in [-0.3, -0.25) is 0 Å². The van der Waals surface area contributed by atoms with Gasteiger partial charge in [-0.2, -0.15) is 0 Å². The summed E-state index contributed by atoms with van der Waals surface area (Å²) in [5.41, 5.74) is 0. The summed E-state index contributed by atoms with van der Waals surface area (Å²) < 4.78 is 38.9. The summed E-state index contributed by atoms with van der Waals surface area (Å²) in [6.45, 7) is 1.41. The van der Waals surface area contributed by atoms with Gasteiger partial charge in [-0.25, -0.2) is 13.2 Å². The first-order valence-electron chi connectivity index (χ1n) is 3.21. The monoisotopic (exact) mass is 400 g/mol. The minimum Gasteiger partial charge on any atom is -0.241 e. The quantitative estimate of drug-likeness (QED) is 0.535. The third-order valence-electron chi connectivity index (χ3n) is 1.69. The topological polar surface area (TPSA) is 0 Å². The lowest BCUT2D eigenvalue weighted by atomic mass is 9.99. The van der Waals surface area contributed by atoms with Gasteiger partial charge in [-0.15, -0.1) is 0 Å². The number of alkyl halides is 1. The third kappa shape index (κ3) is 1.66. The maximum Gasteiger partial charge on any atom is 0.151 e. The van der Waals surface area contributed by atoms with E-state index in [-0.39, 0.29) is 7.16 Å². The van der Waals surface area contributed by atoms with E-state index in [1.54, 1.807) is 45.2 Å². The summed E-state index contributed by atoms with van der Waals surface area (Å²) >= 11 is 3.12. The molecule has 0 aromatic heterocycles. The Bertz CT molecular complexity index is 242. The van der Waals surface area contributed by atoms with Crippen LogP contribution in [0, 0.1) is 5.92 Å². The van der Waals surface area contributed by atoms with Crippen LogP contribution in [0.15, 0.2) is 18.8 Å². The zero-order valence-electron chi connectivity index (χ0n) is 6.04. The largest absolute Gasteiger partial charge is 0.241 e. The van der Waals surface area contributed by atoms with Crippen molar-refractivity contribution in [2.45, 2.75) is 13.1 Å². The van der Waals surface area contributed by atoms with Crippen molar-refractivity contribution in [3.63, 3.8) is 0 Å². The molecule has 0 nitrogen and oxygen atoms in total. The van der Waals surface area contributed by atoms with E-state index in [1.807, 2.05) is 0 Å². The molecule has 0 aliphatic heterocycles. The predicted octanol–water partition coefficient (Wildman–Crippen LogP) is 4.21. The molecule has 0 heterocycles. The fraction of sp³-hybridized carbons (Fsp3) is 0.429. The molecule has 1 aliphatic rings. The van der Waals surface area contributed by atoms with Crippen molar-refractivity contribution in [3.8, 4) is 0 Å². The van der Waals surface area contributed by atoms with E-state index in [9.17, 15) is 13.2 Å². The molecule has 68 valence electrons.